The molecule has 0 aliphatic carbocycles. The average Bonchev–Trinajstić information content (AvgIpc) is 3.28. The van der Waals surface area contributed by atoms with Gasteiger partial charge in [0.1, 0.15) is 12.1 Å². The zero-order valence-electron chi connectivity index (χ0n) is 15.3. The van der Waals surface area contributed by atoms with Gasteiger partial charge in [-0.1, -0.05) is 29.5 Å². The van der Waals surface area contributed by atoms with E-state index in [0.717, 1.165) is 39.4 Å². The van der Waals surface area contributed by atoms with E-state index in [-0.39, 0.29) is 17.2 Å². The van der Waals surface area contributed by atoms with Gasteiger partial charge in [0.15, 0.2) is 0 Å². The van der Waals surface area contributed by atoms with Gasteiger partial charge < -0.3 is 9.88 Å². The molecule has 0 saturated carbocycles. The number of amides is 1. The van der Waals surface area contributed by atoms with Crippen molar-refractivity contribution in [2.24, 2.45) is 0 Å². The number of nitrogens with one attached hydrogen (secondary N) is 1. The summed E-state index contributed by atoms with van der Waals surface area (Å²) in [6, 6.07) is 11.7. The number of para-hydroxylation sites is 2. The number of rotatable bonds is 6. The van der Waals surface area contributed by atoms with Crippen molar-refractivity contribution in [3.05, 3.63) is 75.2 Å². The maximum Gasteiger partial charge on any atom is 0.307 e. The Bertz CT molecular complexity index is 1170. The Labute approximate surface area is 165 Å². The third-order valence-electron chi connectivity index (χ3n) is 4.54. The Hall–Kier alpha value is -3.26. The van der Waals surface area contributed by atoms with Crippen molar-refractivity contribution in [2.75, 3.05) is 0 Å². The van der Waals surface area contributed by atoms with Gasteiger partial charge in [-0.15, -0.1) is 0 Å². The summed E-state index contributed by atoms with van der Waals surface area (Å²) >= 11 is 1.15. The molecule has 1 amide bonds. The highest BCUT2D eigenvalue weighted by molar-refractivity contribution is 7.07. The van der Waals surface area contributed by atoms with Crippen molar-refractivity contribution in [3.8, 4) is 5.82 Å². The monoisotopic (exact) mass is 393 g/mol. The van der Waals surface area contributed by atoms with Crippen molar-refractivity contribution in [1.29, 1.82) is 0 Å². The van der Waals surface area contributed by atoms with E-state index in [2.05, 4.69) is 15.3 Å². The summed E-state index contributed by atoms with van der Waals surface area (Å²) in [6.45, 7) is 2.66. The average molecular weight is 393 g/mol. The molecule has 3 heterocycles. The van der Waals surface area contributed by atoms with Crippen LogP contribution in [0.15, 0.2) is 59.1 Å². The van der Waals surface area contributed by atoms with Crippen LogP contribution in [0.3, 0.4) is 0 Å². The van der Waals surface area contributed by atoms with Gasteiger partial charge in [0.05, 0.1) is 11.0 Å². The van der Waals surface area contributed by atoms with E-state index in [1.165, 1.54) is 0 Å². The molecule has 28 heavy (non-hydrogen) atoms. The molecule has 0 aliphatic rings. The summed E-state index contributed by atoms with van der Waals surface area (Å²) in [5.41, 5.74) is 3.70. The lowest BCUT2D eigenvalue weighted by molar-refractivity contribution is -0.121. The first-order valence-electron chi connectivity index (χ1n) is 8.91. The van der Waals surface area contributed by atoms with Crippen LogP contribution < -0.4 is 10.2 Å². The van der Waals surface area contributed by atoms with Gasteiger partial charge in [-0.05, 0) is 30.7 Å². The lowest BCUT2D eigenvalue weighted by Crippen LogP contribution is -2.26. The molecule has 1 N–H and O–H groups in total. The largest absolute Gasteiger partial charge is 0.352 e. The van der Waals surface area contributed by atoms with Gasteiger partial charge in [0.2, 0.25) is 5.91 Å². The number of imidazole rings is 1. The molecule has 0 radical (unpaired) electrons. The number of thiazole rings is 1. The number of fused-ring (bicyclic) bond motifs is 1. The van der Waals surface area contributed by atoms with Crippen molar-refractivity contribution < 1.29 is 4.79 Å². The van der Waals surface area contributed by atoms with Gasteiger partial charge in [-0.25, -0.2) is 9.97 Å². The normalized spacial score (nSPS) is 11.0. The van der Waals surface area contributed by atoms with E-state index >= 15 is 0 Å². The van der Waals surface area contributed by atoms with Crippen LogP contribution in [0.5, 0.6) is 0 Å². The highest BCUT2D eigenvalue weighted by Crippen LogP contribution is 2.16. The fraction of sp³-hybridized carbons (Fsp3) is 0.200. The summed E-state index contributed by atoms with van der Waals surface area (Å²) in [6.07, 6.45) is 3.77. The van der Waals surface area contributed by atoms with Gasteiger partial charge >= 0.3 is 4.87 Å². The van der Waals surface area contributed by atoms with Crippen LogP contribution in [0.1, 0.15) is 17.7 Å². The third-order valence-corrected chi connectivity index (χ3v) is 5.42. The summed E-state index contributed by atoms with van der Waals surface area (Å²) in [5, 5.41) is 4.68. The molecule has 0 unspecified atom stereocenters. The van der Waals surface area contributed by atoms with E-state index in [4.69, 9.17) is 0 Å². The van der Waals surface area contributed by atoms with E-state index in [9.17, 15) is 9.59 Å². The first-order chi connectivity index (χ1) is 13.6. The second-order valence-electron chi connectivity index (χ2n) is 6.45. The van der Waals surface area contributed by atoms with Crippen LogP contribution in [0, 0.1) is 6.92 Å². The Morgan fingerprint density at radius 1 is 1.18 bits per heavy atom. The second-order valence-corrected chi connectivity index (χ2v) is 7.27. The molecule has 3 aromatic heterocycles. The summed E-state index contributed by atoms with van der Waals surface area (Å²) in [4.78, 5) is 32.6. The number of hydrogen-bond donors (Lipinski definition) is 1. The topological polar surface area (TPSA) is 81.8 Å². The zero-order chi connectivity index (χ0) is 19.5. The number of carbonyl (C=O) groups is 1. The second kappa shape index (κ2) is 7.77. The molecule has 8 heteroatoms. The molecule has 142 valence electrons. The predicted molar refractivity (Wildman–Crippen MR) is 109 cm³/mol. The fourth-order valence-electron chi connectivity index (χ4n) is 2.98. The number of hydrogen-bond acceptors (Lipinski definition) is 5. The number of aryl methyl sites for hydroxylation is 1. The van der Waals surface area contributed by atoms with Gasteiger partial charge in [0.25, 0.3) is 0 Å². The van der Waals surface area contributed by atoms with Gasteiger partial charge in [0, 0.05) is 36.8 Å². The number of carbonyl (C=O) groups excluding carboxylic acids is 1. The molecule has 0 fully saturated rings. The number of benzene rings is 1. The summed E-state index contributed by atoms with van der Waals surface area (Å²) in [5.74, 6) is 0.679. The molecule has 0 atom stereocenters. The van der Waals surface area contributed by atoms with Crippen LogP contribution in [-0.4, -0.2) is 25.0 Å². The summed E-state index contributed by atoms with van der Waals surface area (Å²) in [7, 11) is 0. The van der Waals surface area contributed by atoms with E-state index < -0.39 is 0 Å². The SMILES string of the molecule is Cc1csc(=O)n1CCC(=O)NCc1ccc(-n2cnc3ccccc32)nc1. The van der Waals surface area contributed by atoms with Crippen molar-refractivity contribution >= 4 is 28.3 Å². The Morgan fingerprint density at radius 2 is 2.04 bits per heavy atom. The molecule has 1 aromatic carbocycles. The maximum absolute atomic E-state index is 12.1. The predicted octanol–water partition coefficient (Wildman–Crippen LogP) is 2.66. The van der Waals surface area contributed by atoms with Crippen LogP contribution in [0.4, 0.5) is 0 Å². The van der Waals surface area contributed by atoms with Gasteiger partial charge in [-0.3, -0.25) is 14.2 Å². The van der Waals surface area contributed by atoms with Gasteiger partial charge in [-0.2, -0.15) is 0 Å². The van der Waals surface area contributed by atoms with Crippen LogP contribution in [0.25, 0.3) is 16.9 Å². The molecule has 0 saturated heterocycles. The van der Waals surface area contributed by atoms with Crippen LogP contribution in [-0.2, 0) is 17.9 Å². The third kappa shape index (κ3) is 3.72. The number of aromatic nitrogens is 4. The smallest absolute Gasteiger partial charge is 0.307 e. The molecule has 4 rings (SSSR count). The fourth-order valence-corrected chi connectivity index (χ4v) is 3.74. The van der Waals surface area contributed by atoms with Crippen LogP contribution in [0.2, 0.25) is 0 Å². The van der Waals surface area contributed by atoms with Crippen molar-refractivity contribution in [3.63, 3.8) is 0 Å². The molecule has 0 aliphatic heterocycles. The molecule has 0 bridgehead atoms. The maximum atomic E-state index is 12.1. The quantitative estimate of drug-likeness (QED) is 0.546. The zero-order valence-corrected chi connectivity index (χ0v) is 16.1. The number of pyridine rings is 1. The minimum absolute atomic E-state index is 0.0304. The Morgan fingerprint density at radius 3 is 2.79 bits per heavy atom. The van der Waals surface area contributed by atoms with E-state index in [0.29, 0.717) is 13.1 Å². The molecular weight excluding hydrogens is 374 g/mol. The molecule has 0 spiro atoms. The van der Waals surface area contributed by atoms with Crippen LogP contribution >= 0.6 is 11.3 Å². The van der Waals surface area contributed by atoms with Crippen molar-refractivity contribution in [1.82, 2.24) is 24.4 Å². The van der Waals surface area contributed by atoms with E-state index in [1.807, 2.05) is 47.9 Å². The molecule has 7 nitrogen and oxygen atoms in total. The minimum atomic E-state index is -0.0952. The molecule has 4 aromatic rings. The first kappa shape index (κ1) is 18.1. The Kier molecular flexibility index (Phi) is 5.03. The number of nitrogens with zero attached hydrogens (tertiary/aromatic N) is 4. The van der Waals surface area contributed by atoms with E-state index in [1.54, 1.807) is 22.5 Å². The standard InChI is InChI=1S/C20H19N5O2S/c1-14-12-28-20(27)24(14)9-8-19(26)22-11-15-6-7-18(21-10-15)25-13-23-16-4-2-3-5-17(16)25/h2-7,10,12-13H,8-9,11H2,1H3,(H,22,26). The highest BCUT2D eigenvalue weighted by atomic mass is 32.1. The first-order valence-corrected chi connectivity index (χ1v) is 9.79. The summed E-state index contributed by atoms with van der Waals surface area (Å²) < 4.78 is 3.55. The lowest BCUT2D eigenvalue weighted by Gasteiger charge is -2.08. The highest BCUT2D eigenvalue weighted by Gasteiger charge is 2.08. The Balaban J connectivity index is 1.36. The molecular formula is C20H19N5O2S. The minimum Gasteiger partial charge on any atom is -0.352 e. The lowest BCUT2D eigenvalue weighted by atomic mass is 10.2. The van der Waals surface area contributed by atoms with Crippen molar-refractivity contribution in [2.45, 2.75) is 26.4 Å².